The summed E-state index contributed by atoms with van der Waals surface area (Å²) in [6.45, 7) is 0. The van der Waals surface area contributed by atoms with E-state index in [4.69, 9.17) is 10.4 Å². The summed E-state index contributed by atoms with van der Waals surface area (Å²) in [7, 11) is 0. The summed E-state index contributed by atoms with van der Waals surface area (Å²) < 4.78 is 0. The highest BCUT2D eigenvalue weighted by Crippen LogP contribution is 1.73. The highest BCUT2D eigenvalue weighted by Gasteiger charge is 1.87. The molecule has 1 N–H and O–H groups in total. The molecule has 0 bridgehead atoms. The van der Waals surface area contributed by atoms with Crippen LogP contribution in [-0.2, 0) is 0 Å². The SMILES string of the molecule is N=NC(=O)N=O. The number of carbonyl (C=O) groups is 1. The number of nitrogens with one attached hydrogen (secondary N) is 1. The molecule has 0 aromatic heterocycles. The lowest BCUT2D eigenvalue weighted by Crippen LogP contribution is -1.73. The molecule has 0 spiro atoms. The molecule has 0 aromatic carbocycles. The lowest BCUT2D eigenvalue weighted by Gasteiger charge is -1.60. The van der Waals surface area contributed by atoms with Crippen LogP contribution >= 0.6 is 0 Å². The molecule has 5 nitrogen and oxygen atoms in total. The lowest BCUT2D eigenvalue weighted by molar-refractivity contribution is 0.255. The predicted molar refractivity (Wildman–Crippen MR) is 16.3 cm³/mol. The monoisotopic (exact) mass is 87.0 g/mol. The van der Waals surface area contributed by atoms with Gasteiger partial charge in [-0.05, 0) is 0 Å². The second kappa shape index (κ2) is 2.13. The Morgan fingerprint density at radius 3 is 2.17 bits per heavy atom. The Balaban J connectivity index is 3.52. The minimum atomic E-state index is -1.30. The van der Waals surface area contributed by atoms with Crippen molar-refractivity contribution in [1.82, 2.24) is 0 Å². The van der Waals surface area contributed by atoms with Gasteiger partial charge in [-0.1, -0.05) is 5.11 Å². The Bertz CT molecular complexity index is 76.8. The number of hydrogen-bond acceptors (Lipinski definition) is 3. The first-order chi connectivity index (χ1) is 2.81. The normalized spacial score (nSPS) is 6.67. The number of nitroso groups, excluding NO2 is 1. The van der Waals surface area contributed by atoms with Crippen molar-refractivity contribution in [2.45, 2.75) is 0 Å². The van der Waals surface area contributed by atoms with Gasteiger partial charge in [0.05, 0.1) is 0 Å². The molecule has 0 aliphatic rings. The Kier molecular flexibility index (Phi) is 1.73. The standard InChI is InChI=1S/CHN3O2/c2-3-1(5)4-6/h2H. The van der Waals surface area contributed by atoms with Crippen molar-refractivity contribution in [2.24, 2.45) is 10.3 Å². The van der Waals surface area contributed by atoms with Gasteiger partial charge in [-0.3, -0.25) is 0 Å². The van der Waals surface area contributed by atoms with E-state index < -0.39 is 6.03 Å². The Labute approximate surface area is 32.8 Å². The lowest BCUT2D eigenvalue weighted by atomic mass is 11.2. The van der Waals surface area contributed by atoms with Gasteiger partial charge in [-0.2, -0.15) is 5.53 Å². The largest absolute Gasteiger partial charge is 0.422 e. The summed E-state index contributed by atoms with van der Waals surface area (Å²) in [5.41, 5.74) is 5.79. The molecule has 2 amide bonds. The predicted octanol–water partition coefficient (Wildman–Crippen LogP) is 0.904. The Morgan fingerprint density at radius 2 is 2.17 bits per heavy atom. The van der Waals surface area contributed by atoms with E-state index in [1.165, 1.54) is 0 Å². The summed E-state index contributed by atoms with van der Waals surface area (Å²) in [5.74, 6) is 0. The van der Waals surface area contributed by atoms with Gasteiger partial charge < -0.3 is 0 Å². The third-order valence-electron chi connectivity index (χ3n) is 0.174. The van der Waals surface area contributed by atoms with E-state index in [0.29, 0.717) is 0 Å². The number of nitrogens with zero attached hydrogens (tertiary/aromatic N) is 2. The number of hydrogen-bond donors (Lipinski definition) is 1. The van der Waals surface area contributed by atoms with Gasteiger partial charge in [-0.15, -0.1) is 4.91 Å². The number of carbonyl (C=O) groups excluding carboxylic acids is 1. The molecule has 6 heavy (non-hydrogen) atoms. The van der Waals surface area contributed by atoms with E-state index in [1.807, 2.05) is 0 Å². The van der Waals surface area contributed by atoms with Crippen LogP contribution in [0, 0.1) is 10.4 Å². The molecular formula is CHN3O2. The van der Waals surface area contributed by atoms with Crippen molar-refractivity contribution in [3.8, 4) is 0 Å². The zero-order chi connectivity index (χ0) is 4.99. The van der Waals surface area contributed by atoms with Crippen molar-refractivity contribution in [2.75, 3.05) is 0 Å². The molecule has 32 valence electrons. The van der Waals surface area contributed by atoms with Crippen LogP contribution in [0.15, 0.2) is 10.3 Å². The van der Waals surface area contributed by atoms with Gasteiger partial charge in [0.1, 0.15) is 0 Å². The smallest absolute Gasteiger partial charge is 0.239 e. The van der Waals surface area contributed by atoms with Crippen LogP contribution < -0.4 is 0 Å². The molecule has 0 saturated carbocycles. The quantitative estimate of drug-likeness (QED) is 0.351. The first-order valence-corrected chi connectivity index (χ1v) is 1.06. The van der Waals surface area contributed by atoms with Crippen LogP contribution in [0.2, 0.25) is 0 Å². The van der Waals surface area contributed by atoms with Crippen molar-refractivity contribution in [1.29, 1.82) is 5.53 Å². The summed E-state index contributed by atoms with van der Waals surface area (Å²) in [6.07, 6.45) is 0. The zero-order valence-corrected chi connectivity index (χ0v) is 2.71. The van der Waals surface area contributed by atoms with Gasteiger partial charge in [-0.25, -0.2) is 4.79 Å². The van der Waals surface area contributed by atoms with Gasteiger partial charge >= 0.3 is 6.03 Å². The van der Waals surface area contributed by atoms with E-state index in [1.54, 1.807) is 5.18 Å². The average molecular weight is 87.0 g/mol. The molecule has 0 unspecified atom stereocenters. The molecule has 0 aromatic rings. The molecule has 0 heterocycles. The van der Waals surface area contributed by atoms with Gasteiger partial charge in [0, 0.05) is 5.18 Å². The van der Waals surface area contributed by atoms with Crippen LogP contribution in [0.1, 0.15) is 0 Å². The van der Waals surface area contributed by atoms with Gasteiger partial charge in [0.25, 0.3) is 0 Å². The Morgan fingerprint density at radius 1 is 1.67 bits per heavy atom. The van der Waals surface area contributed by atoms with E-state index in [2.05, 4.69) is 5.11 Å². The summed E-state index contributed by atoms with van der Waals surface area (Å²) >= 11 is 0. The van der Waals surface area contributed by atoms with Gasteiger partial charge in [0.15, 0.2) is 0 Å². The molecule has 0 fully saturated rings. The zero-order valence-electron chi connectivity index (χ0n) is 2.71. The third-order valence-corrected chi connectivity index (χ3v) is 0.174. The number of rotatable bonds is 0. The van der Waals surface area contributed by atoms with Crippen LogP contribution in [0.4, 0.5) is 4.79 Å². The molecule has 0 atom stereocenters. The van der Waals surface area contributed by atoms with Crippen molar-refractivity contribution >= 4 is 6.03 Å². The second-order valence-corrected chi connectivity index (χ2v) is 0.486. The fourth-order valence-corrected chi connectivity index (χ4v) is 0.0204. The molecule has 0 rings (SSSR count). The fraction of sp³-hybridized carbons (Fsp3) is 0. The van der Waals surface area contributed by atoms with Crippen molar-refractivity contribution < 1.29 is 4.79 Å². The maximum Gasteiger partial charge on any atom is 0.422 e. The summed E-state index contributed by atoms with van der Waals surface area (Å²) in [4.78, 5) is 18.3. The molecule has 5 heteroatoms. The fourth-order valence-electron chi connectivity index (χ4n) is 0.0204. The molecule has 0 aliphatic heterocycles. The maximum atomic E-state index is 9.35. The van der Waals surface area contributed by atoms with E-state index in [-0.39, 0.29) is 0 Å². The van der Waals surface area contributed by atoms with Crippen molar-refractivity contribution in [3.63, 3.8) is 0 Å². The topological polar surface area (TPSA) is 82.7 Å². The first kappa shape index (κ1) is 4.87. The van der Waals surface area contributed by atoms with E-state index in [0.717, 1.165) is 0 Å². The molecular weight excluding hydrogens is 86.0 g/mol. The van der Waals surface area contributed by atoms with Crippen molar-refractivity contribution in [3.05, 3.63) is 4.91 Å². The van der Waals surface area contributed by atoms with Gasteiger partial charge in [0.2, 0.25) is 0 Å². The minimum Gasteiger partial charge on any atom is -0.239 e. The summed E-state index contributed by atoms with van der Waals surface area (Å²) in [5, 5.41) is 3.90. The minimum absolute atomic E-state index is 1.30. The maximum absolute atomic E-state index is 9.35. The van der Waals surface area contributed by atoms with Crippen LogP contribution in [0.5, 0.6) is 0 Å². The van der Waals surface area contributed by atoms with Crippen LogP contribution in [-0.4, -0.2) is 6.03 Å². The van der Waals surface area contributed by atoms with Crippen LogP contribution in [0.3, 0.4) is 0 Å². The second-order valence-electron chi connectivity index (χ2n) is 0.486. The molecule has 0 aliphatic carbocycles. The molecule has 0 radical (unpaired) electrons. The molecule has 0 saturated heterocycles. The van der Waals surface area contributed by atoms with Crippen LogP contribution in [0.25, 0.3) is 0 Å². The summed E-state index contributed by atoms with van der Waals surface area (Å²) in [6, 6.07) is -1.30. The third kappa shape index (κ3) is 1.22. The first-order valence-electron chi connectivity index (χ1n) is 1.06. The highest BCUT2D eigenvalue weighted by molar-refractivity contribution is 5.74. The Hall–Kier alpha value is -1.13. The number of amides is 2. The highest BCUT2D eigenvalue weighted by atomic mass is 16.3. The van der Waals surface area contributed by atoms with E-state index in [9.17, 15) is 4.79 Å². The van der Waals surface area contributed by atoms with E-state index >= 15 is 0 Å². The number of urea groups is 1. The average Bonchev–Trinajstić information content (AvgIpc) is 1.65.